The highest BCUT2D eigenvalue weighted by Crippen LogP contribution is 2.08. The summed E-state index contributed by atoms with van der Waals surface area (Å²) >= 11 is 0. The summed E-state index contributed by atoms with van der Waals surface area (Å²) in [4.78, 5) is 22.4. The van der Waals surface area contributed by atoms with Crippen LogP contribution in [0.4, 0.5) is 0 Å². The molecule has 15 heavy (non-hydrogen) atoms. The van der Waals surface area contributed by atoms with Crippen molar-refractivity contribution in [1.82, 2.24) is 0 Å². The first-order chi connectivity index (χ1) is 6.70. The Balaban J connectivity index is 3.82. The lowest BCUT2D eigenvalue weighted by molar-refractivity contribution is -0.156. The summed E-state index contributed by atoms with van der Waals surface area (Å²) in [6.45, 7) is 8.93. The molecule has 0 radical (unpaired) electrons. The lowest BCUT2D eigenvalue weighted by Gasteiger charge is -2.19. The minimum Gasteiger partial charge on any atom is -0.460 e. The lowest BCUT2D eigenvalue weighted by Crippen LogP contribution is -2.26. The average molecular weight is 216 g/mol. The van der Waals surface area contributed by atoms with Gasteiger partial charge in [-0.2, -0.15) is 0 Å². The van der Waals surface area contributed by atoms with E-state index in [9.17, 15) is 9.59 Å². The Bertz CT molecular complexity index is 225. The molecule has 0 aliphatic carbocycles. The first kappa shape index (κ1) is 14.1. The molecule has 0 rings (SSSR count). The zero-order valence-corrected chi connectivity index (χ0v) is 10.1. The van der Waals surface area contributed by atoms with Gasteiger partial charge in [-0.3, -0.25) is 9.59 Å². The molecule has 0 aliphatic rings. The second-order valence-electron chi connectivity index (χ2n) is 4.66. The van der Waals surface area contributed by atoms with E-state index in [1.165, 1.54) is 0 Å². The topological polar surface area (TPSA) is 52.6 Å². The van der Waals surface area contributed by atoms with E-state index < -0.39 is 11.6 Å². The number of ether oxygens (including phenoxy) is 2. The number of hydrogen-bond donors (Lipinski definition) is 0. The third-order valence-corrected chi connectivity index (χ3v) is 1.34. The molecule has 0 aliphatic heterocycles. The van der Waals surface area contributed by atoms with Gasteiger partial charge in [0.2, 0.25) is 0 Å². The number of carbonyl (C=O) groups excluding carboxylic acids is 2. The van der Waals surface area contributed by atoms with Crippen LogP contribution in [0.2, 0.25) is 0 Å². The maximum Gasteiger partial charge on any atom is 0.313 e. The predicted molar refractivity (Wildman–Crippen MR) is 56.6 cm³/mol. The summed E-state index contributed by atoms with van der Waals surface area (Å²) in [6.07, 6.45) is -0.225. The molecule has 0 N–H and O–H groups in total. The first-order valence-corrected chi connectivity index (χ1v) is 5.06. The van der Waals surface area contributed by atoms with Crippen molar-refractivity contribution in [2.75, 3.05) is 6.61 Å². The summed E-state index contributed by atoms with van der Waals surface area (Å²) in [7, 11) is 0. The zero-order chi connectivity index (χ0) is 12.1. The Morgan fingerprint density at radius 2 is 1.73 bits per heavy atom. The second kappa shape index (κ2) is 5.85. The molecule has 0 aromatic carbocycles. The molecule has 0 saturated carbocycles. The maximum absolute atomic E-state index is 11.2. The summed E-state index contributed by atoms with van der Waals surface area (Å²) in [5, 5.41) is 0. The standard InChI is InChI=1S/C11H20O4/c1-8(2)14-7-9(12)6-10(13)15-11(3,4)5/h8H,6-7H2,1-5H3. The molecule has 0 saturated heterocycles. The van der Waals surface area contributed by atoms with E-state index in [1.807, 2.05) is 13.8 Å². The van der Waals surface area contributed by atoms with Gasteiger partial charge in [0.15, 0.2) is 5.78 Å². The Hall–Kier alpha value is -0.900. The van der Waals surface area contributed by atoms with E-state index in [-0.39, 0.29) is 24.9 Å². The van der Waals surface area contributed by atoms with Crippen LogP contribution in [0.5, 0.6) is 0 Å². The van der Waals surface area contributed by atoms with E-state index in [4.69, 9.17) is 9.47 Å². The monoisotopic (exact) mass is 216 g/mol. The highest BCUT2D eigenvalue weighted by Gasteiger charge is 2.18. The number of ketones is 1. The molecule has 0 fully saturated rings. The molecule has 0 aromatic rings. The third kappa shape index (κ3) is 9.41. The number of hydrogen-bond acceptors (Lipinski definition) is 4. The molecule has 0 bridgehead atoms. The number of carbonyl (C=O) groups is 2. The van der Waals surface area contributed by atoms with Gasteiger partial charge in [0.25, 0.3) is 0 Å². The lowest BCUT2D eigenvalue weighted by atomic mass is 10.2. The molecule has 88 valence electrons. The summed E-state index contributed by atoms with van der Waals surface area (Å²) in [6, 6.07) is 0. The molecule has 0 spiro atoms. The molecular formula is C11H20O4. The van der Waals surface area contributed by atoms with Gasteiger partial charge in [0, 0.05) is 0 Å². The minimum absolute atomic E-state index is 0.00686. The molecule has 0 amide bonds. The van der Waals surface area contributed by atoms with E-state index in [1.54, 1.807) is 20.8 Å². The van der Waals surface area contributed by atoms with E-state index in [2.05, 4.69) is 0 Å². The maximum atomic E-state index is 11.2. The largest absolute Gasteiger partial charge is 0.460 e. The SMILES string of the molecule is CC(C)OCC(=O)CC(=O)OC(C)(C)C. The minimum atomic E-state index is -0.545. The van der Waals surface area contributed by atoms with Crippen LogP contribution < -0.4 is 0 Å². The van der Waals surface area contributed by atoms with Gasteiger partial charge in [-0.1, -0.05) is 0 Å². The van der Waals surface area contributed by atoms with Crippen molar-refractivity contribution in [3.63, 3.8) is 0 Å². The van der Waals surface area contributed by atoms with Crippen molar-refractivity contribution in [3.8, 4) is 0 Å². The second-order valence-corrected chi connectivity index (χ2v) is 4.66. The molecule has 0 aromatic heterocycles. The van der Waals surface area contributed by atoms with Gasteiger partial charge in [-0.05, 0) is 34.6 Å². The number of esters is 1. The molecule has 0 atom stereocenters. The number of rotatable bonds is 5. The Labute approximate surface area is 90.9 Å². The summed E-state index contributed by atoms with van der Waals surface area (Å²) in [5.41, 5.74) is -0.545. The van der Waals surface area contributed by atoms with Crippen LogP contribution in [-0.2, 0) is 19.1 Å². The van der Waals surface area contributed by atoms with Crippen LogP contribution >= 0.6 is 0 Å². The highest BCUT2D eigenvalue weighted by molar-refractivity contribution is 5.96. The van der Waals surface area contributed by atoms with Gasteiger partial charge in [-0.15, -0.1) is 0 Å². The van der Waals surface area contributed by atoms with Gasteiger partial charge >= 0.3 is 5.97 Å². The van der Waals surface area contributed by atoms with E-state index in [0.29, 0.717) is 0 Å². The zero-order valence-electron chi connectivity index (χ0n) is 10.1. The van der Waals surface area contributed by atoms with Gasteiger partial charge in [-0.25, -0.2) is 0 Å². The molecule has 0 unspecified atom stereocenters. The van der Waals surface area contributed by atoms with E-state index in [0.717, 1.165) is 0 Å². The predicted octanol–water partition coefficient (Wildman–Crippen LogP) is 1.71. The molecule has 4 heteroatoms. The smallest absolute Gasteiger partial charge is 0.313 e. The van der Waals surface area contributed by atoms with Crippen LogP contribution in [0.15, 0.2) is 0 Å². The quantitative estimate of drug-likeness (QED) is 0.518. The van der Waals surface area contributed by atoms with Gasteiger partial charge < -0.3 is 9.47 Å². The van der Waals surface area contributed by atoms with Crippen LogP contribution in [0.25, 0.3) is 0 Å². The third-order valence-electron chi connectivity index (χ3n) is 1.34. The van der Waals surface area contributed by atoms with Gasteiger partial charge in [0.05, 0.1) is 6.10 Å². The van der Waals surface area contributed by atoms with Crippen LogP contribution in [-0.4, -0.2) is 30.1 Å². The van der Waals surface area contributed by atoms with Crippen molar-refractivity contribution >= 4 is 11.8 Å². The number of Topliss-reactive ketones (excluding diaryl/α,β-unsaturated/α-hetero) is 1. The highest BCUT2D eigenvalue weighted by atomic mass is 16.6. The van der Waals surface area contributed by atoms with Crippen molar-refractivity contribution in [3.05, 3.63) is 0 Å². The Morgan fingerprint density at radius 1 is 1.20 bits per heavy atom. The van der Waals surface area contributed by atoms with Crippen LogP contribution in [0.1, 0.15) is 41.0 Å². The van der Waals surface area contributed by atoms with E-state index >= 15 is 0 Å². The fourth-order valence-electron chi connectivity index (χ4n) is 0.849. The Morgan fingerprint density at radius 3 is 2.13 bits per heavy atom. The van der Waals surface area contributed by atoms with Crippen LogP contribution in [0, 0.1) is 0 Å². The van der Waals surface area contributed by atoms with Crippen LogP contribution in [0.3, 0.4) is 0 Å². The first-order valence-electron chi connectivity index (χ1n) is 5.06. The van der Waals surface area contributed by atoms with Gasteiger partial charge in [0.1, 0.15) is 18.6 Å². The molecule has 0 heterocycles. The van der Waals surface area contributed by atoms with Crippen molar-refractivity contribution in [2.45, 2.75) is 52.7 Å². The Kier molecular flexibility index (Phi) is 5.50. The van der Waals surface area contributed by atoms with Crippen molar-refractivity contribution in [1.29, 1.82) is 0 Å². The van der Waals surface area contributed by atoms with Crippen molar-refractivity contribution < 1.29 is 19.1 Å². The summed E-state index contributed by atoms with van der Waals surface area (Å²) in [5.74, 6) is -0.752. The van der Waals surface area contributed by atoms with Crippen molar-refractivity contribution in [2.24, 2.45) is 0 Å². The fourth-order valence-corrected chi connectivity index (χ4v) is 0.849. The molecular weight excluding hydrogens is 196 g/mol. The normalized spacial score (nSPS) is 11.6. The average Bonchev–Trinajstić information content (AvgIpc) is 1.96. The fraction of sp³-hybridized carbons (Fsp3) is 0.818. The molecule has 4 nitrogen and oxygen atoms in total. The summed E-state index contributed by atoms with van der Waals surface area (Å²) < 4.78 is 10.1.